The van der Waals surface area contributed by atoms with E-state index in [0.717, 1.165) is 64.9 Å². The molecule has 1 aliphatic rings. The van der Waals surface area contributed by atoms with Crippen LogP contribution in [0.4, 0.5) is 5.13 Å². The van der Waals surface area contributed by atoms with Gasteiger partial charge >= 0.3 is 0 Å². The fraction of sp³-hybridized carbons (Fsp3) is 0.278. The minimum absolute atomic E-state index is 0.753. The van der Waals surface area contributed by atoms with Crippen molar-refractivity contribution < 1.29 is 5.11 Å². The van der Waals surface area contributed by atoms with Crippen molar-refractivity contribution in [3.05, 3.63) is 59.9 Å². The number of thiazole rings is 1. The van der Waals surface area contributed by atoms with E-state index >= 15 is 0 Å². The van der Waals surface area contributed by atoms with Gasteiger partial charge in [-0.05, 0) is 29.8 Å². The number of aliphatic hydroxyl groups is 1. The number of anilines is 1. The summed E-state index contributed by atoms with van der Waals surface area (Å²) in [7, 11) is 0. The lowest BCUT2D eigenvalue weighted by Gasteiger charge is -2.34. The van der Waals surface area contributed by atoms with Crippen molar-refractivity contribution in [3.8, 4) is 0 Å². The van der Waals surface area contributed by atoms with Crippen molar-refractivity contribution in [2.24, 2.45) is 0 Å². The molecule has 0 atom stereocenters. The number of halogens is 1. The van der Waals surface area contributed by atoms with Gasteiger partial charge in [0.15, 0.2) is 5.13 Å². The second kappa shape index (κ2) is 7.83. The van der Waals surface area contributed by atoms with Gasteiger partial charge in [-0.15, -0.1) is 0 Å². The van der Waals surface area contributed by atoms with Gasteiger partial charge in [-0.1, -0.05) is 41.7 Å². The van der Waals surface area contributed by atoms with Crippen LogP contribution in [0.5, 0.6) is 0 Å². The van der Waals surface area contributed by atoms with Crippen LogP contribution in [-0.2, 0) is 0 Å². The van der Waals surface area contributed by atoms with Crippen molar-refractivity contribution in [3.63, 3.8) is 0 Å². The third-order valence-corrected chi connectivity index (χ3v) is 5.36. The Labute approximate surface area is 151 Å². The molecule has 4 nitrogen and oxygen atoms in total. The molecule has 1 fully saturated rings. The lowest BCUT2D eigenvalue weighted by Crippen LogP contribution is -2.46. The molecule has 1 aromatic heterocycles. The topological polar surface area (TPSA) is 39.6 Å². The Kier molecular flexibility index (Phi) is 5.56. The third-order valence-electron chi connectivity index (χ3n) is 4.05. The van der Waals surface area contributed by atoms with Gasteiger partial charge < -0.3 is 10.0 Å². The number of benzene rings is 1. The fourth-order valence-electron chi connectivity index (χ4n) is 2.73. The van der Waals surface area contributed by atoms with Crippen LogP contribution >= 0.6 is 22.9 Å². The van der Waals surface area contributed by atoms with Crippen LogP contribution in [-0.4, -0.2) is 47.7 Å². The summed E-state index contributed by atoms with van der Waals surface area (Å²) in [6, 6.07) is 5.84. The van der Waals surface area contributed by atoms with Crippen LogP contribution in [0.2, 0.25) is 5.02 Å². The summed E-state index contributed by atoms with van der Waals surface area (Å²) >= 11 is 7.75. The predicted octanol–water partition coefficient (Wildman–Crippen LogP) is 4.26. The molecule has 0 unspecified atom stereocenters. The van der Waals surface area contributed by atoms with E-state index in [4.69, 9.17) is 21.7 Å². The summed E-state index contributed by atoms with van der Waals surface area (Å²) in [5.74, 6) is 0. The number of aromatic nitrogens is 1. The Morgan fingerprint density at radius 1 is 1.33 bits per heavy atom. The first kappa shape index (κ1) is 17.0. The van der Waals surface area contributed by atoms with Crippen molar-refractivity contribution in [1.29, 1.82) is 0 Å². The number of hydrogen-bond acceptors (Lipinski definition) is 5. The third kappa shape index (κ3) is 3.98. The highest BCUT2D eigenvalue weighted by Crippen LogP contribution is 2.31. The van der Waals surface area contributed by atoms with E-state index in [0.29, 0.717) is 0 Å². The fourth-order valence-corrected chi connectivity index (χ4v) is 4.02. The smallest absolute Gasteiger partial charge is 0.186 e. The summed E-state index contributed by atoms with van der Waals surface area (Å²) in [4.78, 5) is 9.44. The second-order valence-electron chi connectivity index (χ2n) is 5.66. The summed E-state index contributed by atoms with van der Waals surface area (Å²) in [5, 5.41) is 10.6. The highest BCUT2D eigenvalue weighted by molar-refractivity contribution is 7.22. The normalized spacial score (nSPS) is 17.0. The second-order valence-corrected chi connectivity index (χ2v) is 7.10. The van der Waals surface area contributed by atoms with Crippen molar-refractivity contribution in [1.82, 2.24) is 9.88 Å². The van der Waals surface area contributed by atoms with E-state index < -0.39 is 0 Å². The number of aliphatic hydroxyl groups excluding tert-OH is 1. The van der Waals surface area contributed by atoms with Gasteiger partial charge in [0, 0.05) is 37.7 Å². The number of hydrogen-bond donors (Lipinski definition) is 1. The van der Waals surface area contributed by atoms with Gasteiger partial charge in [-0.2, -0.15) is 0 Å². The van der Waals surface area contributed by atoms with Crippen LogP contribution < -0.4 is 4.90 Å². The molecule has 1 saturated heterocycles. The average Bonchev–Trinajstić information content (AvgIpc) is 3.02. The quantitative estimate of drug-likeness (QED) is 0.638. The van der Waals surface area contributed by atoms with Crippen LogP contribution in [0.3, 0.4) is 0 Å². The highest BCUT2D eigenvalue weighted by atomic mass is 35.5. The van der Waals surface area contributed by atoms with Gasteiger partial charge in [-0.3, -0.25) is 4.90 Å². The monoisotopic (exact) mass is 361 g/mol. The summed E-state index contributed by atoms with van der Waals surface area (Å²) in [6.45, 7) is 8.54. The van der Waals surface area contributed by atoms with Crippen molar-refractivity contribution in [2.45, 2.75) is 0 Å². The lowest BCUT2D eigenvalue weighted by atomic mass is 10.2. The van der Waals surface area contributed by atoms with Crippen LogP contribution in [0.15, 0.2) is 54.8 Å². The molecule has 0 aliphatic carbocycles. The van der Waals surface area contributed by atoms with Crippen molar-refractivity contribution in [2.75, 3.05) is 37.6 Å². The molecule has 1 aliphatic heterocycles. The van der Waals surface area contributed by atoms with Crippen molar-refractivity contribution >= 4 is 38.3 Å². The van der Waals surface area contributed by atoms with E-state index in [2.05, 4.69) is 16.4 Å². The molecule has 2 aromatic rings. The first-order chi connectivity index (χ1) is 11.7. The first-order valence-corrected chi connectivity index (χ1v) is 9.05. The Balaban J connectivity index is 1.62. The van der Waals surface area contributed by atoms with Crippen LogP contribution in [0, 0.1) is 0 Å². The SMILES string of the molecule is C=C/C(=C\C=C\O)CN1CCN(c2nc3ccc(Cl)cc3s2)CC1. The molecule has 0 bridgehead atoms. The average molecular weight is 362 g/mol. The molecule has 1 N–H and O–H groups in total. The van der Waals surface area contributed by atoms with Crippen LogP contribution in [0.1, 0.15) is 0 Å². The van der Waals surface area contributed by atoms with Gasteiger partial charge in [-0.25, -0.2) is 4.98 Å². The van der Waals surface area contributed by atoms with Gasteiger partial charge in [0.05, 0.1) is 16.5 Å². The molecule has 126 valence electrons. The number of fused-ring (bicyclic) bond motifs is 1. The number of allylic oxidation sites excluding steroid dienone is 2. The number of rotatable bonds is 5. The largest absolute Gasteiger partial charge is 0.516 e. The van der Waals surface area contributed by atoms with Gasteiger partial charge in [0.1, 0.15) is 0 Å². The van der Waals surface area contributed by atoms with E-state index in [1.54, 1.807) is 17.4 Å². The first-order valence-electron chi connectivity index (χ1n) is 7.85. The molecule has 6 heteroatoms. The summed E-state index contributed by atoms with van der Waals surface area (Å²) in [6.07, 6.45) is 6.39. The minimum Gasteiger partial charge on any atom is -0.516 e. The molecular weight excluding hydrogens is 342 g/mol. The highest BCUT2D eigenvalue weighted by Gasteiger charge is 2.20. The molecule has 0 saturated carbocycles. The van der Waals surface area contributed by atoms with Crippen LogP contribution in [0.25, 0.3) is 10.2 Å². The maximum absolute atomic E-state index is 8.76. The molecule has 3 rings (SSSR count). The van der Waals surface area contributed by atoms with Gasteiger partial charge in [0.2, 0.25) is 0 Å². The van der Waals surface area contributed by atoms with E-state index in [1.807, 2.05) is 30.4 Å². The molecule has 24 heavy (non-hydrogen) atoms. The number of nitrogens with zero attached hydrogens (tertiary/aromatic N) is 3. The van der Waals surface area contributed by atoms with E-state index in [1.165, 1.54) is 0 Å². The van der Waals surface area contributed by atoms with Gasteiger partial charge in [0.25, 0.3) is 0 Å². The maximum atomic E-state index is 8.76. The van der Waals surface area contributed by atoms with E-state index in [-0.39, 0.29) is 0 Å². The zero-order valence-corrected chi connectivity index (χ0v) is 14.9. The number of piperazine rings is 1. The molecule has 1 aromatic carbocycles. The maximum Gasteiger partial charge on any atom is 0.186 e. The molecule has 0 amide bonds. The summed E-state index contributed by atoms with van der Waals surface area (Å²) < 4.78 is 1.13. The summed E-state index contributed by atoms with van der Waals surface area (Å²) in [5.41, 5.74) is 2.11. The Morgan fingerprint density at radius 2 is 2.12 bits per heavy atom. The standard InChI is InChI=1S/C18H20ClN3OS/c1-2-14(4-3-11-23)13-21-7-9-22(10-8-21)18-20-16-6-5-15(19)12-17(16)24-18/h2-6,11-12,23H,1,7-10,13H2/b11-3+,14-4+. The predicted molar refractivity (Wildman–Crippen MR) is 103 cm³/mol. The Hall–Kier alpha value is -1.82. The molecule has 0 spiro atoms. The zero-order valence-electron chi connectivity index (χ0n) is 13.4. The minimum atomic E-state index is 0.753. The lowest BCUT2D eigenvalue weighted by molar-refractivity contribution is 0.280. The molecule has 2 heterocycles. The zero-order chi connectivity index (χ0) is 16.9. The van der Waals surface area contributed by atoms with E-state index in [9.17, 15) is 0 Å². The Morgan fingerprint density at radius 3 is 2.83 bits per heavy atom. The molecular formula is C18H20ClN3OS. The Bertz CT molecular complexity index is 776. The molecule has 0 radical (unpaired) electrons.